The van der Waals surface area contributed by atoms with Crippen LogP contribution >= 0.6 is 0 Å². The van der Waals surface area contributed by atoms with E-state index in [9.17, 15) is 14.4 Å². The summed E-state index contributed by atoms with van der Waals surface area (Å²) < 4.78 is 5.36. The zero-order valence-electron chi connectivity index (χ0n) is 15.2. The van der Waals surface area contributed by atoms with Gasteiger partial charge in [-0.25, -0.2) is 4.79 Å². The summed E-state index contributed by atoms with van der Waals surface area (Å²) in [4.78, 5) is 38.5. The van der Waals surface area contributed by atoms with Crippen molar-refractivity contribution in [3.05, 3.63) is 24.3 Å². The van der Waals surface area contributed by atoms with E-state index in [1.165, 1.54) is 0 Å². The molecule has 2 atom stereocenters. The molecule has 26 heavy (non-hydrogen) atoms. The number of rotatable bonds is 5. The number of carbonyl (C=O) groups excluding carboxylic acids is 3. The second kappa shape index (κ2) is 7.35. The number of ether oxygens (including phenoxy) is 1. The normalized spacial score (nSPS) is 25.3. The van der Waals surface area contributed by atoms with Gasteiger partial charge in [-0.2, -0.15) is 0 Å². The van der Waals surface area contributed by atoms with Gasteiger partial charge in [-0.1, -0.05) is 19.8 Å². The molecule has 1 saturated heterocycles. The molecule has 0 radical (unpaired) electrons. The minimum absolute atomic E-state index is 0.0758. The number of imide groups is 1. The fraction of sp³-hybridized carbons (Fsp3) is 0.526. The van der Waals surface area contributed by atoms with E-state index in [0.717, 1.165) is 24.2 Å². The molecule has 7 nitrogen and oxygen atoms in total. The zero-order valence-corrected chi connectivity index (χ0v) is 15.2. The Balaban J connectivity index is 1.63. The molecule has 1 aliphatic carbocycles. The van der Waals surface area contributed by atoms with Gasteiger partial charge in [0.05, 0.1) is 6.61 Å². The molecule has 0 aromatic heterocycles. The topological polar surface area (TPSA) is 87.7 Å². The van der Waals surface area contributed by atoms with Gasteiger partial charge in [-0.15, -0.1) is 0 Å². The Morgan fingerprint density at radius 1 is 1.31 bits per heavy atom. The molecule has 1 saturated carbocycles. The van der Waals surface area contributed by atoms with E-state index < -0.39 is 17.5 Å². The van der Waals surface area contributed by atoms with Crippen LogP contribution in [0.1, 0.15) is 39.5 Å². The van der Waals surface area contributed by atoms with Crippen molar-refractivity contribution < 1.29 is 19.1 Å². The molecule has 1 aliphatic heterocycles. The average Bonchev–Trinajstić information content (AvgIpc) is 2.85. The molecule has 2 aliphatic rings. The minimum Gasteiger partial charge on any atom is -0.494 e. The van der Waals surface area contributed by atoms with E-state index in [1.807, 2.05) is 13.8 Å². The quantitative estimate of drug-likeness (QED) is 0.791. The standard InChI is InChI=1S/C19H25N3O4/c1-3-26-15-9-7-14(8-10-15)20-16(23)12-22-17(24)19(21-18(22)25)11-5-4-6-13(19)2/h7-10,13H,3-6,11-12H2,1-2H3,(H,20,23)(H,21,25)/t13-,19-/m0/s1. The lowest BCUT2D eigenvalue weighted by molar-refractivity contribution is -0.136. The van der Waals surface area contributed by atoms with Crippen molar-refractivity contribution in [1.29, 1.82) is 0 Å². The van der Waals surface area contributed by atoms with Gasteiger partial charge in [-0.05, 0) is 49.9 Å². The third kappa shape index (κ3) is 3.38. The summed E-state index contributed by atoms with van der Waals surface area (Å²) in [5, 5.41) is 5.56. The Kier molecular flexibility index (Phi) is 5.15. The van der Waals surface area contributed by atoms with Crippen LogP contribution in [0.15, 0.2) is 24.3 Å². The molecule has 1 aromatic carbocycles. The summed E-state index contributed by atoms with van der Waals surface area (Å²) in [6.07, 6.45) is 3.50. The van der Waals surface area contributed by atoms with Crippen molar-refractivity contribution in [3.63, 3.8) is 0 Å². The van der Waals surface area contributed by atoms with E-state index >= 15 is 0 Å². The first-order valence-corrected chi connectivity index (χ1v) is 9.13. The second-order valence-electron chi connectivity index (χ2n) is 6.95. The number of benzene rings is 1. The average molecular weight is 359 g/mol. The Labute approximate surface area is 153 Å². The smallest absolute Gasteiger partial charge is 0.325 e. The molecular weight excluding hydrogens is 334 g/mol. The molecule has 4 amide bonds. The van der Waals surface area contributed by atoms with Crippen LogP contribution in [-0.2, 0) is 9.59 Å². The number of urea groups is 1. The van der Waals surface area contributed by atoms with Crippen LogP contribution in [0.3, 0.4) is 0 Å². The minimum atomic E-state index is -0.839. The molecule has 140 valence electrons. The number of nitrogens with zero attached hydrogens (tertiary/aromatic N) is 1. The third-order valence-corrected chi connectivity index (χ3v) is 5.25. The zero-order chi connectivity index (χ0) is 18.7. The molecular formula is C19H25N3O4. The van der Waals surface area contributed by atoms with Gasteiger partial charge in [-0.3, -0.25) is 14.5 Å². The van der Waals surface area contributed by atoms with Gasteiger partial charge >= 0.3 is 6.03 Å². The largest absolute Gasteiger partial charge is 0.494 e. The molecule has 2 N–H and O–H groups in total. The van der Waals surface area contributed by atoms with E-state index in [4.69, 9.17) is 4.74 Å². The monoisotopic (exact) mass is 359 g/mol. The number of nitrogens with one attached hydrogen (secondary N) is 2. The van der Waals surface area contributed by atoms with Crippen molar-refractivity contribution in [2.24, 2.45) is 5.92 Å². The van der Waals surface area contributed by atoms with Gasteiger partial charge in [0.15, 0.2) is 0 Å². The van der Waals surface area contributed by atoms with Gasteiger partial charge in [0.2, 0.25) is 5.91 Å². The fourth-order valence-corrected chi connectivity index (χ4v) is 3.78. The Bertz CT molecular complexity index is 703. The Morgan fingerprint density at radius 3 is 2.69 bits per heavy atom. The van der Waals surface area contributed by atoms with E-state index in [0.29, 0.717) is 24.5 Å². The second-order valence-corrected chi connectivity index (χ2v) is 6.95. The van der Waals surface area contributed by atoms with Crippen LogP contribution in [0, 0.1) is 5.92 Å². The molecule has 2 fully saturated rings. The summed E-state index contributed by atoms with van der Waals surface area (Å²) in [5.41, 5.74) is -0.249. The van der Waals surface area contributed by atoms with Crippen LogP contribution in [-0.4, -0.2) is 41.4 Å². The lowest BCUT2D eigenvalue weighted by Crippen LogP contribution is -2.54. The fourth-order valence-electron chi connectivity index (χ4n) is 3.78. The first-order valence-electron chi connectivity index (χ1n) is 9.13. The molecule has 1 heterocycles. The molecule has 0 bridgehead atoms. The van der Waals surface area contributed by atoms with Gasteiger partial charge in [0.25, 0.3) is 5.91 Å². The lowest BCUT2D eigenvalue weighted by Gasteiger charge is -2.36. The van der Waals surface area contributed by atoms with Crippen LogP contribution < -0.4 is 15.4 Å². The highest BCUT2D eigenvalue weighted by Gasteiger charge is 2.55. The lowest BCUT2D eigenvalue weighted by atomic mass is 9.73. The highest BCUT2D eigenvalue weighted by atomic mass is 16.5. The summed E-state index contributed by atoms with van der Waals surface area (Å²) in [7, 11) is 0. The number of carbonyl (C=O) groups is 3. The Morgan fingerprint density at radius 2 is 2.04 bits per heavy atom. The third-order valence-electron chi connectivity index (χ3n) is 5.25. The van der Waals surface area contributed by atoms with Crippen molar-refractivity contribution >= 4 is 23.5 Å². The maximum absolute atomic E-state index is 12.9. The van der Waals surface area contributed by atoms with Gasteiger partial charge in [0.1, 0.15) is 17.8 Å². The SMILES string of the molecule is CCOc1ccc(NC(=O)CN2C(=O)N[C@]3(CCCC[C@@H]3C)C2=O)cc1. The molecule has 1 aromatic rings. The first-order chi connectivity index (χ1) is 12.5. The molecule has 3 rings (SSSR count). The number of hydrogen-bond acceptors (Lipinski definition) is 4. The highest BCUT2D eigenvalue weighted by Crippen LogP contribution is 2.38. The van der Waals surface area contributed by atoms with Crippen LogP contribution in [0.4, 0.5) is 10.5 Å². The van der Waals surface area contributed by atoms with Crippen molar-refractivity contribution in [3.8, 4) is 5.75 Å². The van der Waals surface area contributed by atoms with E-state index in [1.54, 1.807) is 24.3 Å². The van der Waals surface area contributed by atoms with Crippen molar-refractivity contribution in [2.75, 3.05) is 18.5 Å². The number of anilines is 1. The summed E-state index contributed by atoms with van der Waals surface area (Å²) in [6, 6.07) is 6.47. The highest BCUT2D eigenvalue weighted by molar-refractivity contribution is 6.10. The van der Waals surface area contributed by atoms with Gasteiger partial charge in [0, 0.05) is 5.69 Å². The maximum atomic E-state index is 12.9. The first kappa shape index (κ1) is 18.2. The van der Waals surface area contributed by atoms with Crippen LogP contribution in [0.5, 0.6) is 5.75 Å². The van der Waals surface area contributed by atoms with Crippen LogP contribution in [0.2, 0.25) is 0 Å². The maximum Gasteiger partial charge on any atom is 0.325 e. The predicted octanol–water partition coefficient (Wildman–Crippen LogP) is 2.52. The van der Waals surface area contributed by atoms with Gasteiger partial charge < -0.3 is 15.4 Å². The predicted molar refractivity (Wildman–Crippen MR) is 96.8 cm³/mol. The van der Waals surface area contributed by atoms with E-state index in [2.05, 4.69) is 10.6 Å². The van der Waals surface area contributed by atoms with Crippen molar-refractivity contribution in [2.45, 2.75) is 45.1 Å². The molecule has 7 heteroatoms. The summed E-state index contributed by atoms with van der Waals surface area (Å²) >= 11 is 0. The molecule has 0 unspecified atom stereocenters. The molecule has 1 spiro atoms. The number of hydrogen-bond donors (Lipinski definition) is 2. The van der Waals surface area contributed by atoms with E-state index in [-0.39, 0.29) is 18.4 Å². The van der Waals surface area contributed by atoms with Crippen molar-refractivity contribution in [1.82, 2.24) is 10.2 Å². The summed E-state index contributed by atoms with van der Waals surface area (Å²) in [6.45, 7) is 4.17. The number of amides is 4. The van der Waals surface area contributed by atoms with Crippen LogP contribution in [0.25, 0.3) is 0 Å². The Hall–Kier alpha value is -2.57. The summed E-state index contributed by atoms with van der Waals surface area (Å²) in [5.74, 6) is 0.106.